The van der Waals surface area contributed by atoms with Crippen LogP contribution in [0.3, 0.4) is 0 Å². The van der Waals surface area contributed by atoms with Crippen molar-refractivity contribution < 1.29 is 0 Å². The van der Waals surface area contributed by atoms with Crippen molar-refractivity contribution in [3.8, 4) is 11.3 Å². The fourth-order valence-corrected chi connectivity index (χ4v) is 3.00. The Morgan fingerprint density at radius 1 is 1.04 bits per heavy atom. The molecule has 113 valence electrons. The number of imidazole rings is 1. The van der Waals surface area contributed by atoms with Gasteiger partial charge in [-0.1, -0.05) is 50.2 Å². The molecule has 4 aromatic rings. The molecule has 0 bridgehead atoms. The summed E-state index contributed by atoms with van der Waals surface area (Å²) in [5.41, 5.74) is 5.00. The molecule has 0 atom stereocenters. The van der Waals surface area contributed by atoms with E-state index < -0.39 is 0 Å². The van der Waals surface area contributed by atoms with E-state index in [2.05, 4.69) is 78.7 Å². The van der Waals surface area contributed by atoms with E-state index in [1.54, 1.807) is 0 Å². The lowest BCUT2D eigenvalue weighted by Crippen LogP contribution is -1.99. The Kier molecular flexibility index (Phi) is 3.34. The largest absolute Gasteiger partial charge is 0.335 e. The fourth-order valence-electron chi connectivity index (χ4n) is 3.00. The van der Waals surface area contributed by atoms with E-state index in [9.17, 15) is 0 Å². The second-order valence-electron chi connectivity index (χ2n) is 6.37. The Hall–Kier alpha value is -2.68. The van der Waals surface area contributed by atoms with E-state index in [0.29, 0.717) is 5.92 Å². The summed E-state index contributed by atoms with van der Waals surface area (Å²) in [6.07, 6.45) is 3.80. The van der Waals surface area contributed by atoms with Crippen molar-refractivity contribution in [2.75, 3.05) is 0 Å². The van der Waals surface area contributed by atoms with E-state index in [1.807, 2.05) is 0 Å². The standard InChI is InChI=1S/C20H18N3/c1-13(2)9-17-11-18-20(22-12-21-18)19(23-17)16-8-7-14-5-3-4-6-15(14)10-16/h3-8,10-11,13H,9H2,1-2H3,(H,21,22). The fraction of sp³-hybridized carbons (Fsp3) is 0.200. The van der Waals surface area contributed by atoms with Crippen LogP contribution in [0.2, 0.25) is 0 Å². The smallest absolute Gasteiger partial charge is 0.174 e. The Bertz CT molecular complexity index is 982. The molecule has 0 saturated heterocycles. The SMILES string of the molecule is CC(C)Cc1cc2[nH][c]nc2c(-c2ccc3ccccc3c2)n1. The molecule has 0 fully saturated rings. The van der Waals surface area contributed by atoms with Gasteiger partial charge in [-0.25, -0.2) is 4.98 Å². The Balaban J connectivity index is 1.92. The Labute approximate surface area is 135 Å². The van der Waals surface area contributed by atoms with Crippen molar-refractivity contribution in [1.29, 1.82) is 0 Å². The third-order valence-corrected chi connectivity index (χ3v) is 4.04. The predicted octanol–water partition coefficient (Wildman–Crippen LogP) is 4.78. The molecule has 2 heterocycles. The number of fused-ring (bicyclic) bond motifs is 2. The average Bonchev–Trinajstić information content (AvgIpc) is 3.01. The summed E-state index contributed by atoms with van der Waals surface area (Å²) in [6.45, 7) is 4.42. The summed E-state index contributed by atoms with van der Waals surface area (Å²) in [5.74, 6) is 0.566. The number of nitrogens with one attached hydrogen (secondary N) is 1. The third-order valence-electron chi connectivity index (χ3n) is 4.04. The van der Waals surface area contributed by atoms with Crippen molar-refractivity contribution in [3.63, 3.8) is 0 Å². The van der Waals surface area contributed by atoms with Gasteiger partial charge in [0.2, 0.25) is 0 Å². The van der Waals surface area contributed by atoms with Gasteiger partial charge in [0.05, 0.1) is 11.2 Å². The molecular formula is C20H18N3. The second kappa shape index (κ2) is 5.51. The monoisotopic (exact) mass is 300 g/mol. The highest BCUT2D eigenvalue weighted by Crippen LogP contribution is 2.28. The lowest BCUT2D eigenvalue weighted by Gasteiger charge is -2.09. The van der Waals surface area contributed by atoms with Crippen LogP contribution in [0.4, 0.5) is 0 Å². The topological polar surface area (TPSA) is 41.6 Å². The molecule has 3 nitrogen and oxygen atoms in total. The zero-order chi connectivity index (χ0) is 15.8. The summed E-state index contributed by atoms with van der Waals surface area (Å²) >= 11 is 0. The molecule has 0 saturated carbocycles. The van der Waals surface area contributed by atoms with Gasteiger partial charge in [-0.2, -0.15) is 0 Å². The summed E-state index contributed by atoms with van der Waals surface area (Å²) in [4.78, 5) is 12.3. The minimum absolute atomic E-state index is 0.566. The minimum atomic E-state index is 0.566. The molecule has 23 heavy (non-hydrogen) atoms. The molecular weight excluding hydrogens is 282 g/mol. The van der Waals surface area contributed by atoms with Crippen LogP contribution in [-0.2, 0) is 6.42 Å². The summed E-state index contributed by atoms with van der Waals surface area (Å²) in [7, 11) is 0. The minimum Gasteiger partial charge on any atom is -0.335 e. The van der Waals surface area contributed by atoms with E-state index in [-0.39, 0.29) is 0 Å². The van der Waals surface area contributed by atoms with Gasteiger partial charge in [0, 0.05) is 11.3 Å². The van der Waals surface area contributed by atoms with Gasteiger partial charge in [0.1, 0.15) is 5.52 Å². The van der Waals surface area contributed by atoms with Crippen molar-refractivity contribution in [1.82, 2.24) is 15.0 Å². The van der Waals surface area contributed by atoms with Crippen molar-refractivity contribution in [3.05, 3.63) is 60.6 Å². The lowest BCUT2D eigenvalue weighted by molar-refractivity contribution is 0.636. The number of nitrogens with zero attached hydrogens (tertiary/aromatic N) is 2. The highest BCUT2D eigenvalue weighted by atomic mass is 14.9. The first-order valence-electron chi connectivity index (χ1n) is 7.95. The van der Waals surface area contributed by atoms with Gasteiger partial charge in [-0.15, -0.1) is 0 Å². The van der Waals surface area contributed by atoms with Crippen LogP contribution in [-0.4, -0.2) is 15.0 Å². The maximum Gasteiger partial charge on any atom is 0.174 e. The molecule has 1 radical (unpaired) electrons. The molecule has 1 N–H and O–H groups in total. The molecule has 4 rings (SSSR count). The Morgan fingerprint density at radius 3 is 2.70 bits per heavy atom. The van der Waals surface area contributed by atoms with Crippen molar-refractivity contribution in [2.45, 2.75) is 20.3 Å². The predicted molar refractivity (Wildman–Crippen MR) is 94.2 cm³/mol. The zero-order valence-corrected chi connectivity index (χ0v) is 13.3. The lowest BCUT2D eigenvalue weighted by atomic mass is 10.0. The molecule has 2 aromatic heterocycles. The highest BCUT2D eigenvalue weighted by molar-refractivity contribution is 5.93. The maximum atomic E-state index is 4.89. The molecule has 0 unspecified atom stereocenters. The first-order valence-corrected chi connectivity index (χ1v) is 7.95. The Morgan fingerprint density at radius 2 is 1.87 bits per heavy atom. The van der Waals surface area contributed by atoms with Crippen molar-refractivity contribution >= 4 is 21.8 Å². The van der Waals surface area contributed by atoms with Crippen molar-refractivity contribution in [2.24, 2.45) is 5.92 Å². The number of pyridine rings is 1. The van der Waals surface area contributed by atoms with Crippen LogP contribution in [0.25, 0.3) is 33.1 Å². The quantitative estimate of drug-likeness (QED) is 0.591. The summed E-state index contributed by atoms with van der Waals surface area (Å²) < 4.78 is 0. The van der Waals surface area contributed by atoms with Crippen LogP contribution < -0.4 is 0 Å². The first-order chi connectivity index (χ1) is 11.2. The van der Waals surface area contributed by atoms with E-state index in [4.69, 9.17) is 4.98 Å². The number of H-pyrrole nitrogens is 1. The molecule has 0 spiro atoms. The molecule has 3 heteroatoms. The van der Waals surface area contributed by atoms with E-state index in [1.165, 1.54) is 10.8 Å². The summed E-state index contributed by atoms with van der Waals surface area (Å²) in [6, 6.07) is 16.9. The molecule has 0 amide bonds. The van der Waals surface area contributed by atoms with Gasteiger partial charge in [-0.05, 0) is 35.2 Å². The number of hydrogen-bond acceptors (Lipinski definition) is 2. The second-order valence-corrected chi connectivity index (χ2v) is 6.37. The van der Waals surface area contributed by atoms with Gasteiger partial charge < -0.3 is 4.98 Å². The third kappa shape index (κ3) is 2.59. The number of benzene rings is 2. The van der Waals surface area contributed by atoms with E-state index >= 15 is 0 Å². The normalized spacial score (nSPS) is 11.6. The van der Waals surface area contributed by atoms with Gasteiger partial charge in [0.25, 0.3) is 0 Å². The number of hydrogen-bond donors (Lipinski definition) is 1. The van der Waals surface area contributed by atoms with Crippen LogP contribution in [0.5, 0.6) is 0 Å². The highest BCUT2D eigenvalue weighted by Gasteiger charge is 2.12. The number of rotatable bonds is 3. The van der Waals surface area contributed by atoms with Gasteiger partial charge in [-0.3, -0.25) is 4.98 Å². The van der Waals surface area contributed by atoms with Crippen LogP contribution >= 0.6 is 0 Å². The maximum absolute atomic E-state index is 4.89. The summed E-state index contributed by atoms with van der Waals surface area (Å²) in [5, 5.41) is 2.45. The molecule has 0 aliphatic carbocycles. The molecule has 2 aromatic carbocycles. The van der Waals surface area contributed by atoms with Crippen LogP contribution in [0, 0.1) is 12.2 Å². The molecule has 0 aliphatic heterocycles. The van der Waals surface area contributed by atoms with Crippen LogP contribution in [0.15, 0.2) is 48.5 Å². The zero-order valence-electron chi connectivity index (χ0n) is 13.3. The number of aromatic amines is 1. The molecule has 0 aliphatic rings. The van der Waals surface area contributed by atoms with E-state index in [0.717, 1.165) is 34.4 Å². The first kappa shape index (κ1) is 13.9. The number of aromatic nitrogens is 3. The van der Waals surface area contributed by atoms with Gasteiger partial charge >= 0.3 is 0 Å². The average molecular weight is 300 g/mol. The van der Waals surface area contributed by atoms with Crippen LogP contribution in [0.1, 0.15) is 19.5 Å². The van der Waals surface area contributed by atoms with Gasteiger partial charge in [0.15, 0.2) is 6.33 Å².